The molecule has 0 bridgehead atoms. The number of alkyl carbamates (subject to hydrolysis) is 2. The van der Waals surface area contributed by atoms with E-state index in [0.29, 0.717) is 37.2 Å². The number of unbranched alkanes of at least 4 members (excludes halogenated alkanes) is 1. The molecule has 2 aliphatic carbocycles. The Morgan fingerprint density at radius 1 is 0.750 bits per heavy atom. The van der Waals surface area contributed by atoms with Crippen LogP contribution in [0.5, 0.6) is 0 Å². The number of nitrogens with one attached hydrogen (secondary N) is 5. The lowest BCUT2D eigenvalue weighted by Gasteiger charge is -2.28. The number of benzene rings is 3. The van der Waals surface area contributed by atoms with Crippen LogP contribution < -0.4 is 26.6 Å². The molecular weight excluding hydrogens is 778 g/mol. The van der Waals surface area contributed by atoms with Crippen LogP contribution in [0.1, 0.15) is 95.6 Å². The molecule has 5 N–H and O–H groups in total. The molecular formula is C43H54BrN5O7. The molecule has 300 valence electrons. The van der Waals surface area contributed by atoms with E-state index in [0.717, 1.165) is 54.4 Å². The Balaban J connectivity index is 1.27. The highest BCUT2D eigenvalue weighted by Crippen LogP contribution is 2.44. The third-order valence-electron chi connectivity index (χ3n) is 10.0. The lowest BCUT2D eigenvalue weighted by molar-refractivity contribution is -0.128. The number of alkyl halides is 1. The van der Waals surface area contributed by atoms with Gasteiger partial charge in [-0.2, -0.15) is 0 Å². The van der Waals surface area contributed by atoms with Gasteiger partial charge >= 0.3 is 12.2 Å². The summed E-state index contributed by atoms with van der Waals surface area (Å²) < 4.78 is 11.2. The molecule has 56 heavy (non-hydrogen) atoms. The number of anilines is 2. The van der Waals surface area contributed by atoms with Crippen molar-refractivity contribution in [2.75, 3.05) is 29.1 Å². The van der Waals surface area contributed by atoms with Gasteiger partial charge in [-0.15, -0.1) is 0 Å². The van der Waals surface area contributed by atoms with E-state index in [-0.39, 0.29) is 36.1 Å². The van der Waals surface area contributed by atoms with Crippen LogP contribution in [0.15, 0.2) is 72.8 Å². The van der Waals surface area contributed by atoms with Crippen LogP contribution >= 0.6 is 15.9 Å². The van der Waals surface area contributed by atoms with Crippen LogP contribution in [0.4, 0.5) is 21.0 Å². The minimum absolute atomic E-state index is 0.106. The van der Waals surface area contributed by atoms with Crippen molar-refractivity contribution in [2.45, 2.75) is 102 Å². The standard InChI is InChI=1S/C43H54BrN5O7/c1-43(2,3)56-41(53)45-23-12-11-22-36(39(51)47-30-17-13-16-29(25-30)46-38(50)26-44)48-40(52)37(24-28-14-5-4-6-15-28)49-42(54)55-27-35-33-20-9-7-18-31(33)32-19-8-10-21-34(32)35/h7-10,13,16-21,25,28,35-37H,4-6,11-12,14-15,22-24,26-27H2,1-3H3,(H,45,53)(H,46,50)(H,47,51)(H,48,52)(H,49,54). The smallest absolute Gasteiger partial charge is 0.407 e. The first-order chi connectivity index (χ1) is 26.9. The van der Waals surface area contributed by atoms with Gasteiger partial charge in [-0.3, -0.25) is 14.4 Å². The quantitative estimate of drug-likeness (QED) is 0.0721. The molecule has 0 heterocycles. The summed E-state index contributed by atoms with van der Waals surface area (Å²) >= 11 is 3.14. The van der Waals surface area contributed by atoms with Crippen LogP contribution in [-0.2, 0) is 23.9 Å². The van der Waals surface area contributed by atoms with Gasteiger partial charge in [-0.1, -0.05) is 103 Å². The fourth-order valence-electron chi connectivity index (χ4n) is 7.39. The van der Waals surface area contributed by atoms with Crippen LogP contribution in [0, 0.1) is 5.92 Å². The molecule has 5 amide bonds. The summed E-state index contributed by atoms with van der Waals surface area (Å²) in [6.45, 7) is 5.78. The van der Waals surface area contributed by atoms with E-state index < -0.39 is 41.7 Å². The first kappa shape index (κ1) is 42.2. The van der Waals surface area contributed by atoms with E-state index in [1.54, 1.807) is 45.0 Å². The van der Waals surface area contributed by atoms with Crippen molar-refractivity contribution in [1.29, 1.82) is 0 Å². The number of ether oxygens (including phenoxy) is 2. The molecule has 2 atom stereocenters. The Morgan fingerprint density at radius 2 is 1.39 bits per heavy atom. The molecule has 0 spiro atoms. The van der Waals surface area contributed by atoms with Gasteiger partial charge in [0, 0.05) is 23.8 Å². The zero-order valence-electron chi connectivity index (χ0n) is 32.5. The molecule has 2 unspecified atom stereocenters. The monoisotopic (exact) mass is 831 g/mol. The molecule has 5 rings (SSSR count). The Kier molecular flexibility index (Phi) is 15.3. The van der Waals surface area contributed by atoms with Gasteiger partial charge in [0.1, 0.15) is 24.3 Å². The summed E-state index contributed by atoms with van der Waals surface area (Å²) in [7, 11) is 0. The number of fused-ring (bicyclic) bond motifs is 3. The maximum atomic E-state index is 14.1. The highest BCUT2D eigenvalue weighted by molar-refractivity contribution is 9.09. The van der Waals surface area contributed by atoms with E-state index in [1.807, 2.05) is 24.3 Å². The van der Waals surface area contributed by atoms with Crippen molar-refractivity contribution in [2.24, 2.45) is 5.92 Å². The summed E-state index contributed by atoms with van der Waals surface area (Å²) in [5.41, 5.74) is 4.71. The van der Waals surface area contributed by atoms with E-state index in [2.05, 4.69) is 66.8 Å². The number of rotatable bonds is 16. The lowest BCUT2D eigenvalue weighted by atomic mass is 9.84. The maximum Gasteiger partial charge on any atom is 0.407 e. The Labute approximate surface area is 337 Å². The van der Waals surface area contributed by atoms with Crippen molar-refractivity contribution in [3.8, 4) is 11.1 Å². The third kappa shape index (κ3) is 12.6. The van der Waals surface area contributed by atoms with Gasteiger partial charge in [-0.05, 0) is 92.8 Å². The van der Waals surface area contributed by atoms with E-state index in [9.17, 15) is 24.0 Å². The third-order valence-corrected chi connectivity index (χ3v) is 10.5. The maximum absolute atomic E-state index is 14.1. The Hall–Kier alpha value is -4.91. The molecule has 1 fully saturated rings. The van der Waals surface area contributed by atoms with Crippen LogP contribution in [0.3, 0.4) is 0 Å². The minimum atomic E-state index is -0.969. The number of carbonyl (C=O) groups is 5. The largest absolute Gasteiger partial charge is 0.449 e. The molecule has 0 radical (unpaired) electrons. The number of halogens is 1. The molecule has 0 saturated heterocycles. The predicted molar refractivity (Wildman–Crippen MR) is 221 cm³/mol. The number of hydrogen-bond acceptors (Lipinski definition) is 7. The Bertz CT molecular complexity index is 1800. The summed E-state index contributed by atoms with van der Waals surface area (Å²) in [5.74, 6) is -1.08. The summed E-state index contributed by atoms with van der Waals surface area (Å²) in [6.07, 6.45) is 5.62. The number of amides is 5. The van der Waals surface area contributed by atoms with Gasteiger partial charge in [-0.25, -0.2) is 9.59 Å². The average Bonchev–Trinajstić information content (AvgIpc) is 3.49. The second-order valence-corrected chi connectivity index (χ2v) is 16.1. The first-order valence-electron chi connectivity index (χ1n) is 19.6. The van der Waals surface area contributed by atoms with Gasteiger partial charge in [0.25, 0.3) is 0 Å². The van der Waals surface area contributed by atoms with E-state index in [1.165, 1.54) is 0 Å². The van der Waals surface area contributed by atoms with Crippen molar-refractivity contribution in [3.05, 3.63) is 83.9 Å². The highest BCUT2D eigenvalue weighted by atomic mass is 79.9. The zero-order valence-corrected chi connectivity index (χ0v) is 34.0. The van der Waals surface area contributed by atoms with Crippen LogP contribution in [-0.4, -0.2) is 66.1 Å². The summed E-state index contributed by atoms with van der Waals surface area (Å²) in [4.78, 5) is 65.6. The van der Waals surface area contributed by atoms with Crippen molar-refractivity contribution >= 4 is 57.2 Å². The van der Waals surface area contributed by atoms with E-state index >= 15 is 0 Å². The molecule has 0 aliphatic heterocycles. The second kappa shape index (κ2) is 20.3. The number of hydrogen-bond donors (Lipinski definition) is 5. The van der Waals surface area contributed by atoms with Gasteiger partial charge < -0.3 is 36.1 Å². The first-order valence-corrected chi connectivity index (χ1v) is 20.7. The van der Waals surface area contributed by atoms with Crippen molar-refractivity contribution in [1.82, 2.24) is 16.0 Å². The zero-order chi connectivity index (χ0) is 40.1. The minimum Gasteiger partial charge on any atom is -0.449 e. The van der Waals surface area contributed by atoms with E-state index in [4.69, 9.17) is 9.47 Å². The number of carbonyl (C=O) groups excluding carboxylic acids is 5. The lowest BCUT2D eigenvalue weighted by Crippen LogP contribution is -2.53. The van der Waals surface area contributed by atoms with Crippen LogP contribution in [0.25, 0.3) is 11.1 Å². The molecule has 3 aromatic rings. The van der Waals surface area contributed by atoms with Crippen molar-refractivity contribution < 1.29 is 33.4 Å². The highest BCUT2D eigenvalue weighted by Gasteiger charge is 2.32. The SMILES string of the molecule is CC(C)(C)OC(=O)NCCCCC(NC(=O)C(CC1CCCCC1)NC(=O)OCC1c2ccccc2-c2ccccc21)C(=O)Nc1cccc(NC(=O)CBr)c1. The normalized spacial score (nSPS) is 15.0. The van der Waals surface area contributed by atoms with Gasteiger partial charge in [0.2, 0.25) is 17.7 Å². The molecule has 12 nitrogen and oxygen atoms in total. The average molecular weight is 833 g/mol. The molecule has 3 aromatic carbocycles. The van der Waals surface area contributed by atoms with Crippen molar-refractivity contribution in [3.63, 3.8) is 0 Å². The van der Waals surface area contributed by atoms with Gasteiger partial charge in [0.05, 0.1) is 5.33 Å². The predicted octanol–water partition coefficient (Wildman–Crippen LogP) is 8.02. The Morgan fingerprint density at radius 3 is 2.04 bits per heavy atom. The molecule has 0 aromatic heterocycles. The summed E-state index contributed by atoms with van der Waals surface area (Å²) in [6, 6.07) is 21.0. The van der Waals surface area contributed by atoms with Gasteiger partial charge in [0.15, 0.2) is 0 Å². The molecule has 2 aliphatic rings. The summed E-state index contributed by atoms with van der Waals surface area (Å²) in [5, 5.41) is 14.3. The fourth-order valence-corrected chi connectivity index (χ4v) is 7.53. The molecule has 1 saturated carbocycles. The second-order valence-electron chi connectivity index (χ2n) is 15.5. The molecule has 13 heteroatoms. The fraction of sp³-hybridized carbons (Fsp3) is 0.465. The topological polar surface area (TPSA) is 164 Å². The van der Waals surface area contributed by atoms with Crippen LogP contribution in [0.2, 0.25) is 0 Å².